The van der Waals surface area contributed by atoms with Crippen molar-refractivity contribution < 1.29 is 14.4 Å². The van der Waals surface area contributed by atoms with Crippen LogP contribution in [0.25, 0.3) is 0 Å². The third-order valence-corrected chi connectivity index (χ3v) is 4.57. The third-order valence-electron chi connectivity index (χ3n) is 4.57. The van der Waals surface area contributed by atoms with Gasteiger partial charge in [0.1, 0.15) is 5.56 Å². The van der Waals surface area contributed by atoms with E-state index in [-0.39, 0.29) is 30.0 Å². The lowest BCUT2D eigenvalue weighted by molar-refractivity contribution is 0.0284. The van der Waals surface area contributed by atoms with Gasteiger partial charge in [-0.15, -0.1) is 0 Å². The number of rotatable bonds is 2. The summed E-state index contributed by atoms with van der Waals surface area (Å²) in [6, 6.07) is 0.344. The summed E-state index contributed by atoms with van der Waals surface area (Å²) in [5.41, 5.74) is 1.30. The van der Waals surface area contributed by atoms with E-state index in [1.54, 1.807) is 0 Å². The summed E-state index contributed by atoms with van der Waals surface area (Å²) in [4.78, 5) is 14.9. The minimum atomic E-state index is -0.260. The zero-order valence-electron chi connectivity index (χ0n) is 12.3. The summed E-state index contributed by atoms with van der Waals surface area (Å²) in [6.45, 7) is 5.83. The number of fused-ring (bicyclic) bond motifs is 2. The van der Waals surface area contributed by atoms with Gasteiger partial charge in [0.25, 0.3) is 5.91 Å². The maximum Gasteiger partial charge on any atom is 0.259 e. The van der Waals surface area contributed by atoms with Gasteiger partial charge in [0.05, 0.1) is 11.8 Å². The molecule has 2 bridgehead atoms. The van der Waals surface area contributed by atoms with Crippen LogP contribution in [0.5, 0.6) is 0 Å². The molecule has 2 aliphatic rings. The second-order valence-corrected chi connectivity index (χ2v) is 6.38. The van der Waals surface area contributed by atoms with Gasteiger partial charge < -0.3 is 14.5 Å². The lowest BCUT2D eigenvalue weighted by atomic mass is 9.97. The van der Waals surface area contributed by atoms with Crippen LogP contribution in [0, 0.1) is 6.92 Å². The molecule has 1 N–H and O–H groups in total. The summed E-state index contributed by atoms with van der Waals surface area (Å²) in [7, 11) is 0. The highest BCUT2D eigenvalue weighted by atomic mass is 16.5. The molecule has 2 saturated heterocycles. The van der Waals surface area contributed by atoms with Crippen molar-refractivity contribution >= 4 is 5.91 Å². The highest BCUT2D eigenvalue weighted by Gasteiger charge is 2.44. The molecule has 0 radical (unpaired) electrons. The molecule has 0 saturated carbocycles. The Labute approximate surface area is 118 Å². The van der Waals surface area contributed by atoms with Crippen LogP contribution in [0.2, 0.25) is 0 Å². The normalized spacial score (nSPS) is 29.2. The van der Waals surface area contributed by atoms with E-state index in [0.29, 0.717) is 29.9 Å². The zero-order valence-corrected chi connectivity index (χ0v) is 12.3. The first-order chi connectivity index (χ1) is 9.49. The van der Waals surface area contributed by atoms with Gasteiger partial charge in [-0.3, -0.25) is 4.79 Å². The molecule has 1 aromatic heterocycles. The van der Waals surface area contributed by atoms with Gasteiger partial charge in [-0.05, 0) is 32.6 Å². The van der Waals surface area contributed by atoms with Crippen molar-refractivity contribution in [2.24, 2.45) is 0 Å². The van der Waals surface area contributed by atoms with Gasteiger partial charge in [-0.1, -0.05) is 19.0 Å². The van der Waals surface area contributed by atoms with Crippen molar-refractivity contribution in [1.29, 1.82) is 0 Å². The van der Waals surface area contributed by atoms with Crippen molar-refractivity contribution in [2.45, 2.75) is 70.6 Å². The summed E-state index contributed by atoms with van der Waals surface area (Å²) < 4.78 is 5.33. The Morgan fingerprint density at radius 1 is 1.35 bits per heavy atom. The lowest BCUT2D eigenvalue weighted by Crippen LogP contribution is -2.48. The molecule has 0 spiro atoms. The number of piperidine rings is 1. The standard InChI is InChI=1S/C15H22N2O3/c1-8(2)14-13(9(3)16-20-14)15(19)17-10-4-5-11(17)7-12(18)6-10/h8,10-12,18H,4-7H2,1-3H3. The summed E-state index contributed by atoms with van der Waals surface area (Å²) in [5.74, 6) is 0.855. The predicted octanol–water partition coefficient (Wildman–Crippen LogP) is 2.23. The lowest BCUT2D eigenvalue weighted by Gasteiger charge is -2.37. The Morgan fingerprint density at radius 2 is 1.95 bits per heavy atom. The zero-order chi connectivity index (χ0) is 14.4. The maximum atomic E-state index is 12.9. The van der Waals surface area contributed by atoms with E-state index in [4.69, 9.17) is 4.52 Å². The molecule has 3 rings (SSSR count). The van der Waals surface area contributed by atoms with Crippen LogP contribution in [0.3, 0.4) is 0 Å². The van der Waals surface area contributed by atoms with Gasteiger partial charge in [0.2, 0.25) is 0 Å². The molecule has 2 unspecified atom stereocenters. The number of nitrogens with zero attached hydrogens (tertiary/aromatic N) is 2. The molecule has 1 aromatic rings. The van der Waals surface area contributed by atoms with Gasteiger partial charge in [0.15, 0.2) is 5.76 Å². The minimum Gasteiger partial charge on any atom is -0.393 e. The monoisotopic (exact) mass is 278 g/mol. The number of aromatic nitrogens is 1. The second kappa shape index (κ2) is 4.88. The van der Waals surface area contributed by atoms with Crippen LogP contribution in [-0.4, -0.2) is 39.3 Å². The number of carbonyl (C=O) groups is 1. The number of aryl methyl sites for hydroxylation is 1. The fourth-order valence-electron chi connectivity index (χ4n) is 3.65. The van der Waals surface area contributed by atoms with Crippen LogP contribution < -0.4 is 0 Å². The minimum absolute atomic E-state index is 0.0341. The van der Waals surface area contributed by atoms with Crippen LogP contribution >= 0.6 is 0 Å². The van der Waals surface area contributed by atoms with Crippen LogP contribution in [0.4, 0.5) is 0 Å². The van der Waals surface area contributed by atoms with Crippen molar-refractivity contribution in [3.63, 3.8) is 0 Å². The van der Waals surface area contributed by atoms with E-state index in [0.717, 1.165) is 12.8 Å². The second-order valence-electron chi connectivity index (χ2n) is 6.38. The number of hydrogen-bond donors (Lipinski definition) is 1. The number of aliphatic hydroxyl groups excluding tert-OH is 1. The molecule has 110 valence electrons. The Balaban J connectivity index is 1.92. The molecule has 5 nitrogen and oxygen atoms in total. The Morgan fingerprint density at radius 3 is 2.50 bits per heavy atom. The highest BCUT2D eigenvalue weighted by Crippen LogP contribution is 2.38. The van der Waals surface area contributed by atoms with Crippen molar-refractivity contribution in [3.05, 3.63) is 17.0 Å². The van der Waals surface area contributed by atoms with E-state index >= 15 is 0 Å². The topological polar surface area (TPSA) is 66.6 Å². The van der Waals surface area contributed by atoms with Crippen molar-refractivity contribution in [1.82, 2.24) is 10.1 Å². The van der Waals surface area contributed by atoms with Gasteiger partial charge >= 0.3 is 0 Å². The fraction of sp³-hybridized carbons (Fsp3) is 0.733. The van der Waals surface area contributed by atoms with Gasteiger partial charge in [-0.2, -0.15) is 0 Å². The van der Waals surface area contributed by atoms with E-state index in [2.05, 4.69) is 5.16 Å². The van der Waals surface area contributed by atoms with Crippen LogP contribution in [0.15, 0.2) is 4.52 Å². The van der Waals surface area contributed by atoms with Gasteiger partial charge in [-0.25, -0.2) is 0 Å². The first-order valence-corrected chi connectivity index (χ1v) is 7.46. The molecular formula is C15H22N2O3. The molecule has 0 aromatic carbocycles. The largest absolute Gasteiger partial charge is 0.393 e. The number of hydrogen-bond acceptors (Lipinski definition) is 4. The average molecular weight is 278 g/mol. The number of carbonyl (C=O) groups excluding carboxylic acids is 1. The first-order valence-electron chi connectivity index (χ1n) is 7.46. The predicted molar refractivity (Wildman–Crippen MR) is 73.5 cm³/mol. The van der Waals surface area contributed by atoms with Crippen molar-refractivity contribution in [3.8, 4) is 0 Å². The molecule has 1 amide bonds. The number of amides is 1. The summed E-state index contributed by atoms with van der Waals surface area (Å²) >= 11 is 0. The molecule has 2 aliphatic heterocycles. The highest BCUT2D eigenvalue weighted by molar-refractivity contribution is 5.97. The van der Waals surface area contributed by atoms with Gasteiger partial charge in [0, 0.05) is 18.0 Å². The molecule has 3 heterocycles. The summed E-state index contributed by atoms with van der Waals surface area (Å²) in [5, 5.41) is 13.8. The Hall–Kier alpha value is -1.36. The number of aliphatic hydroxyl groups is 1. The molecule has 20 heavy (non-hydrogen) atoms. The van der Waals surface area contributed by atoms with E-state index in [9.17, 15) is 9.90 Å². The Kier molecular flexibility index (Phi) is 3.32. The van der Waals surface area contributed by atoms with E-state index in [1.807, 2.05) is 25.7 Å². The fourth-order valence-corrected chi connectivity index (χ4v) is 3.65. The summed E-state index contributed by atoms with van der Waals surface area (Å²) in [6.07, 6.45) is 3.13. The SMILES string of the molecule is Cc1noc(C(C)C)c1C(=O)N1C2CCC1CC(O)C2. The van der Waals surface area contributed by atoms with Crippen LogP contribution in [-0.2, 0) is 0 Å². The quantitative estimate of drug-likeness (QED) is 0.901. The van der Waals surface area contributed by atoms with E-state index < -0.39 is 0 Å². The third kappa shape index (κ3) is 2.04. The molecular weight excluding hydrogens is 256 g/mol. The average Bonchev–Trinajstić information content (AvgIpc) is 2.88. The molecule has 0 aliphatic carbocycles. The van der Waals surface area contributed by atoms with Crippen molar-refractivity contribution in [2.75, 3.05) is 0 Å². The molecule has 2 fully saturated rings. The molecule has 5 heteroatoms. The molecule has 2 atom stereocenters. The van der Waals surface area contributed by atoms with Crippen LogP contribution in [0.1, 0.15) is 67.3 Å². The maximum absolute atomic E-state index is 12.9. The smallest absolute Gasteiger partial charge is 0.259 e. The first kappa shape index (κ1) is 13.6. The van der Waals surface area contributed by atoms with E-state index in [1.165, 1.54) is 0 Å². The Bertz CT molecular complexity index is 509.